The number of unbranched alkanes of at least 4 members (excludes halogenated alkanes) is 3. The van der Waals surface area contributed by atoms with Gasteiger partial charge in [0.1, 0.15) is 0 Å². The van der Waals surface area contributed by atoms with E-state index in [1.165, 1.54) is 0 Å². The van der Waals surface area contributed by atoms with Crippen molar-refractivity contribution in [3.05, 3.63) is 0 Å². The summed E-state index contributed by atoms with van der Waals surface area (Å²) in [5, 5.41) is 8.35. The van der Waals surface area contributed by atoms with Gasteiger partial charge >= 0.3 is 12.1 Å². The molecule has 0 heterocycles. The standard InChI is InChI=1S/C10H17F3O2/c1-2-3-4-5-6-8(7-9(14)15)10(11,12)13/h8H,2-7H2,1H3,(H,14,15). The minimum absolute atomic E-state index is 0.0736. The van der Waals surface area contributed by atoms with E-state index in [2.05, 4.69) is 0 Å². The summed E-state index contributed by atoms with van der Waals surface area (Å²) in [5.74, 6) is -3.07. The van der Waals surface area contributed by atoms with E-state index in [1.54, 1.807) is 0 Å². The maximum atomic E-state index is 12.3. The van der Waals surface area contributed by atoms with Gasteiger partial charge in [0, 0.05) is 0 Å². The van der Waals surface area contributed by atoms with E-state index in [-0.39, 0.29) is 6.42 Å². The second-order valence-corrected chi connectivity index (χ2v) is 3.69. The molecule has 0 aliphatic rings. The molecule has 0 saturated carbocycles. The maximum absolute atomic E-state index is 12.3. The van der Waals surface area contributed by atoms with Crippen LogP contribution in [0.3, 0.4) is 0 Å². The van der Waals surface area contributed by atoms with Crippen LogP contribution in [0.2, 0.25) is 0 Å². The van der Waals surface area contributed by atoms with Gasteiger partial charge < -0.3 is 5.11 Å². The summed E-state index contributed by atoms with van der Waals surface area (Å²) in [7, 11) is 0. The van der Waals surface area contributed by atoms with Crippen LogP contribution in [-0.4, -0.2) is 17.3 Å². The van der Waals surface area contributed by atoms with Gasteiger partial charge in [-0.15, -0.1) is 0 Å². The van der Waals surface area contributed by atoms with Gasteiger partial charge in [-0.25, -0.2) is 0 Å². The summed E-state index contributed by atoms with van der Waals surface area (Å²) in [6.07, 6.45) is -2.22. The Labute approximate surface area is 87.5 Å². The Hall–Kier alpha value is -0.740. The highest BCUT2D eigenvalue weighted by Gasteiger charge is 2.40. The zero-order chi connectivity index (χ0) is 11.9. The fraction of sp³-hybridized carbons (Fsp3) is 0.900. The van der Waals surface area contributed by atoms with E-state index in [0.717, 1.165) is 19.3 Å². The van der Waals surface area contributed by atoms with Gasteiger partial charge in [-0.2, -0.15) is 13.2 Å². The number of alkyl halides is 3. The lowest BCUT2D eigenvalue weighted by atomic mass is 9.97. The minimum Gasteiger partial charge on any atom is -0.481 e. The summed E-state index contributed by atoms with van der Waals surface area (Å²) < 4.78 is 37.0. The smallest absolute Gasteiger partial charge is 0.392 e. The van der Waals surface area contributed by atoms with Crippen LogP contribution in [0.4, 0.5) is 13.2 Å². The van der Waals surface area contributed by atoms with Crippen LogP contribution >= 0.6 is 0 Å². The molecule has 0 saturated heterocycles. The number of carbonyl (C=O) groups is 1. The van der Waals surface area contributed by atoms with Crippen molar-refractivity contribution in [3.8, 4) is 0 Å². The second kappa shape index (κ2) is 6.69. The molecule has 0 spiro atoms. The van der Waals surface area contributed by atoms with Gasteiger partial charge in [0.05, 0.1) is 12.3 Å². The van der Waals surface area contributed by atoms with Crippen molar-refractivity contribution in [2.75, 3.05) is 0 Å². The number of halogens is 3. The van der Waals surface area contributed by atoms with Crippen molar-refractivity contribution in [3.63, 3.8) is 0 Å². The highest BCUT2D eigenvalue weighted by Crippen LogP contribution is 2.32. The van der Waals surface area contributed by atoms with Crippen molar-refractivity contribution >= 4 is 5.97 Å². The first-order chi connectivity index (χ1) is 6.88. The third-order valence-electron chi connectivity index (χ3n) is 2.29. The molecule has 5 heteroatoms. The van der Waals surface area contributed by atoms with Crippen molar-refractivity contribution < 1.29 is 23.1 Å². The molecule has 1 unspecified atom stereocenters. The van der Waals surface area contributed by atoms with Gasteiger partial charge in [0.2, 0.25) is 0 Å². The number of carboxylic acid groups (broad SMARTS) is 1. The second-order valence-electron chi connectivity index (χ2n) is 3.69. The van der Waals surface area contributed by atoms with E-state index in [9.17, 15) is 18.0 Å². The minimum atomic E-state index is -4.38. The molecular weight excluding hydrogens is 209 g/mol. The molecule has 1 N–H and O–H groups in total. The molecule has 90 valence electrons. The lowest BCUT2D eigenvalue weighted by molar-refractivity contribution is -0.184. The lowest BCUT2D eigenvalue weighted by Gasteiger charge is -2.18. The van der Waals surface area contributed by atoms with E-state index in [4.69, 9.17) is 5.11 Å². The van der Waals surface area contributed by atoms with Gasteiger partial charge in [-0.05, 0) is 6.42 Å². The molecule has 2 nitrogen and oxygen atoms in total. The first-order valence-electron chi connectivity index (χ1n) is 5.16. The predicted molar refractivity (Wildman–Crippen MR) is 50.6 cm³/mol. The van der Waals surface area contributed by atoms with Crippen molar-refractivity contribution in [1.29, 1.82) is 0 Å². The number of hydrogen-bond acceptors (Lipinski definition) is 1. The molecule has 0 amide bonds. The molecule has 0 rings (SSSR count). The van der Waals surface area contributed by atoms with E-state index in [1.807, 2.05) is 6.92 Å². The summed E-state index contributed by atoms with van der Waals surface area (Å²) in [5.41, 5.74) is 0. The molecule has 0 fully saturated rings. The Morgan fingerprint density at radius 1 is 1.27 bits per heavy atom. The van der Waals surface area contributed by atoms with E-state index >= 15 is 0 Å². The van der Waals surface area contributed by atoms with Crippen molar-refractivity contribution in [1.82, 2.24) is 0 Å². The zero-order valence-corrected chi connectivity index (χ0v) is 8.81. The van der Waals surface area contributed by atoms with Gasteiger partial charge in [0.15, 0.2) is 0 Å². The number of aliphatic carboxylic acids is 1. The summed E-state index contributed by atoms with van der Waals surface area (Å²) in [4.78, 5) is 10.2. The quantitative estimate of drug-likeness (QED) is 0.673. The Morgan fingerprint density at radius 2 is 1.87 bits per heavy atom. The highest BCUT2D eigenvalue weighted by molar-refractivity contribution is 5.67. The molecule has 0 bridgehead atoms. The first kappa shape index (κ1) is 14.3. The number of hydrogen-bond donors (Lipinski definition) is 1. The highest BCUT2D eigenvalue weighted by atomic mass is 19.4. The van der Waals surface area contributed by atoms with E-state index in [0.29, 0.717) is 6.42 Å². The van der Waals surface area contributed by atoms with Gasteiger partial charge in [0.25, 0.3) is 0 Å². The van der Waals surface area contributed by atoms with Gasteiger partial charge in [-0.3, -0.25) is 4.79 Å². The van der Waals surface area contributed by atoms with Crippen LogP contribution < -0.4 is 0 Å². The van der Waals surface area contributed by atoms with Crippen LogP contribution in [0.15, 0.2) is 0 Å². The molecule has 0 aliphatic heterocycles. The summed E-state index contributed by atoms with van der Waals surface area (Å²) >= 11 is 0. The summed E-state index contributed by atoms with van der Waals surface area (Å²) in [6, 6.07) is 0. The van der Waals surface area contributed by atoms with Crippen LogP contribution in [0, 0.1) is 5.92 Å². The Balaban J connectivity index is 3.97. The fourth-order valence-electron chi connectivity index (χ4n) is 1.41. The maximum Gasteiger partial charge on any atom is 0.392 e. The van der Waals surface area contributed by atoms with Crippen LogP contribution in [0.1, 0.15) is 45.4 Å². The van der Waals surface area contributed by atoms with Crippen molar-refractivity contribution in [2.45, 2.75) is 51.6 Å². The van der Waals surface area contributed by atoms with Crippen molar-refractivity contribution in [2.24, 2.45) is 5.92 Å². The number of rotatable bonds is 7. The SMILES string of the molecule is CCCCCCC(CC(=O)O)C(F)(F)F. The lowest BCUT2D eigenvalue weighted by Crippen LogP contribution is -2.25. The predicted octanol–water partition coefficient (Wildman–Crippen LogP) is 3.61. The summed E-state index contributed by atoms with van der Waals surface area (Å²) in [6.45, 7) is 1.97. The average Bonchev–Trinajstić information content (AvgIpc) is 2.08. The molecule has 0 radical (unpaired) electrons. The molecule has 0 aromatic rings. The molecule has 0 aromatic carbocycles. The Kier molecular flexibility index (Phi) is 6.36. The largest absolute Gasteiger partial charge is 0.481 e. The fourth-order valence-corrected chi connectivity index (χ4v) is 1.41. The Bertz CT molecular complexity index is 190. The first-order valence-corrected chi connectivity index (χ1v) is 5.16. The third-order valence-corrected chi connectivity index (χ3v) is 2.29. The Morgan fingerprint density at radius 3 is 2.27 bits per heavy atom. The molecule has 1 atom stereocenters. The normalized spacial score (nSPS) is 13.9. The average molecular weight is 226 g/mol. The third kappa shape index (κ3) is 7.22. The number of carboxylic acids is 1. The van der Waals surface area contributed by atoms with Crippen LogP contribution in [0.25, 0.3) is 0 Å². The molecule has 0 aliphatic carbocycles. The van der Waals surface area contributed by atoms with E-state index < -0.39 is 24.5 Å². The van der Waals surface area contributed by atoms with Crippen LogP contribution in [-0.2, 0) is 4.79 Å². The van der Waals surface area contributed by atoms with Crippen LogP contribution in [0.5, 0.6) is 0 Å². The topological polar surface area (TPSA) is 37.3 Å². The monoisotopic (exact) mass is 226 g/mol. The molecular formula is C10H17F3O2. The zero-order valence-electron chi connectivity index (χ0n) is 8.81. The molecule has 0 aromatic heterocycles. The van der Waals surface area contributed by atoms with Gasteiger partial charge in [-0.1, -0.05) is 32.6 Å². The molecule has 15 heavy (non-hydrogen) atoms.